The first-order valence-electron chi connectivity index (χ1n) is 10.8. The molecule has 2 aromatic carbocycles. The van der Waals surface area contributed by atoms with Crippen LogP contribution in [0.1, 0.15) is 27.4 Å². The van der Waals surface area contributed by atoms with Gasteiger partial charge in [-0.15, -0.1) is 6.42 Å². The first kappa shape index (κ1) is 24.1. The number of benzene rings is 2. The van der Waals surface area contributed by atoms with Gasteiger partial charge in [0.1, 0.15) is 0 Å². The standard InChI is InChI=1S/C25H24N6O3S/c1-4-13-30(3)35(33,34)21-11-9-19(10-12-21)17-31-23-8-6-5-7-22(23)24(29-31)25(32)28-16-20-15-26-18(2)14-27-20/h1,5-12,14-15H,13,16-17H2,2-3H3,(H,28,32). The van der Waals surface area contributed by atoms with Crippen molar-refractivity contribution in [2.75, 3.05) is 13.6 Å². The molecule has 0 aliphatic heterocycles. The lowest BCUT2D eigenvalue weighted by molar-refractivity contribution is 0.0946. The average molecular weight is 489 g/mol. The van der Waals surface area contributed by atoms with Crippen LogP contribution in [0.25, 0.3) is 10.9 Å². The van der Waals surface area contributed by atoms with Crippen molar-refractivity contribution in [2.45, 2.75) is 24.9 Å². The number of terminal acetylenes is 1. The van der Waals surface area contributed by atoms with Gasteiger partial charge in [-0.1, -0.05) is 36.3 Å². The molecule has 4 rings (SSSR count). The highest BCUT2D eigenvalue weighted by molar-refractivity contribution is 7.89. The topological polar surface area (TPSA) is 110 Å². The number of rotatable bonds is 8. The molecule has 0 radical (unpaired) electrons. The van der Waals surface area contributed by atoms with Crippen LogP contribution in [0, 0.1) is 19.3 Å². The molecule has 1 amide bonds. The Morgan fingerprint density at radius 1 is 1.11 bits per heavy atom. The number of hydrogen-bond donors (Lipinski definition) is 1. The summed E-state index contributed by atoms with van der Waals surface area (Å²) in [6.45, 7) is 2.43. The molecular formula is C25H24N6O3S. The van der Waals surface area contributed by atoms with Gasteiger partial charge in [-0.2, -0.15) is 9.40 Å². The molecule has 2 heterocycles. The van der Waals surface area contributed by atoms with Crippen molar-refractivity contribution in [2.24, 2.45) is 0 Å². The fourth-order valence-corrected chi connectivity index (χ4v) is 4.60. The molecule has 0 atom stereocenters. The molecule has 0 spiro atoms. The molecule has 0 unspecified atom stereocenters. The normalized spacial score (nSPS) is 11.5. The summed E-state index contributed by atoms with van der Waals surface area (Å²) in [6.07, 6.45) is 8.51. The molecule has 2 aromatic heterocycles. The summed E-state index contributed by atoms with van der Waals surface area (Å²) in [5, 5.41) is 8.12. The smallest absolute Gasteiger partial charge is 0.272 e. The molecule has 0 saturated heterocycles. The largest absolute Gasteiger partial charge is 0.345 e. The summed E-state index contributed by atoms with van der Waals surface area (Å²) in [6, 6.07) is 14.0. The van der Waals surface area contributed by atoms with E-state index in [1.807, 2.05) is 31.2 Å². The summed E-state index contributed by atoms with van der Waals surface area (Å²) in [5.74, 6) is 2.01. The molecule has 0 aliphatic rings. The van der Waals surface area contributed by atoms with Gasteiger partial charge in [0, 0.05) is 18.6 Å². The number of hydrogen-bond acceptors (Lipinski definition) is 6. The minimum Gasteiger partial charge on any atom is -0.345 e. The van der Waals surface area contributed by atoms with Gasteiger partial charge in [0.15, 0.2) is 5.69 Å². The molecule has 10 heteroatoms. The number of para-hydroxylation sites is 1. The average Bonchev–Trinajstić information content (AvgIpc) is 3.22. The third kappa shape index (κ3) is 5.21. The van der Waals surface area contributed by atoms with E-state index >= 15 is 0 Å². The van der Waals surface area contributed by atoms with E-state index in [4.69, 9.17) is 6.42 Å². The van der Waals surface area contributed by atoms with Crippen molar-refractivity contribution < 1.29 is 13.2 Å². The molecule has 0 saturated carbocycles. The van der Waals surface area contributed by atoms with Crippen LogP contribution in [0.3, 0.4) is 0 Å². The third-order valence-corrected chi connectivity index (χ3v) is 7.23. The summed E-state index contributed by atoms with van der Waals surface area (Å²) >= 11 is 0. The fourth-order valence-electron chi connectivity index (χ4n) is 3.51. The quantitative estimate of drug-likeness (QED) is 0.381. The minimum absolute atomic E-state index is 0.00924. The van der Waals surface area contributed by atoms with Crippen LogP contribution in [0.15, 0.2) is 65.8 Å². The van der Waals surface area contributed by atoms with Crippen LogP contribution >= 0.6 is 0 Å². The second kappa shape index (κ2) is 10.0. The Morgan fingerprint density at radius 2 is 1.86 bits per heavy atom. The highest BCUT2D eigenvalue weighted by Crippen LogP contribution is 2.21. The maximum Gasteiger partial charge on any atom is 0.272 e. The van der Waals surface area contributed by atoms with Gasteiger partial charge in [0.2, 0.25) is 10.0 Å². The lowest BCUT2D eigenvalue weighted by Gasteiger charge is -2.14. The number of aromatic nitrogens is 4. The SMILES string of the molecule is C#CCN(C)S(=O)(=O)c1ccc(Cn2nc(C(=O)NCc3cnc(C)cn3)c3ccccc32)cc1. The van der Waals surface area contributed by atoms with E-state index in [9.17, 15) is 13.2 Å². The van der Waals surface area contributed by atoms with Crippen LogP contribution in [0.4, 0.5) is 0 Å². The maximum absolute atomic E-state index is 12.9. The van der Waals surface area contributed by atoms with Crippen molar-refractivity contribution in [1.29, 1.82) is 0 Å². The highest BCUT2D eigenvalue weighted by Gasteiger charge is 2.20. The van der Waals surface area contributed by atoms with Crippen LogP contribution < -0.4 is 5.32 Å². The van der Waals surface area contributed by atoms with Crippen molar-refractivity contribution in [3.8, 4) is 12.3 Å². The Bertz CT molecular complexity index is 1500. The van der Waals surface area contributed by atoms with E-state index in [1.54, 1.807) is 41.3 Å². The van der Waals surface area contributed by atoms with Crippen molar-refractivity contribution in [3.05, 3.63) is 83.6 Å². The van der Waals surface area contributed by atoms with Crippen LogP contribution in [-0.2, 0) is 23.1 Å². The first-order valence-corrected chi connectivity index (χ1v) is 12.2. The van der Waals surface area contributed by atoms with E-state index in [0.29, 0.717) is 17.9 Å². The zero-order valence-corrected chi connectivity index (χ0v) is 20.2. The van der Waals surface area contributed by atoms with Gasteiger partial charge in [-0.05, 0) is 30.7 Å². The molecule has 9 nitrogen and oxygen atoms in total. The second-order valence-electron chi connectivity index (χ2n) is 7.96. The van der Waals surface area contributed by atoms with Crippen LogP contribution in [-0.4, -0.2) is 52.0 Å². The van der Waals surface area contributed by atoms with Gasteiger partial charge in [-0.3, -0.25) is 19.4 Å². The molecule has 0 fully saturated rings. The summed E-state index contributed by atoms with van der Waals surface area (Å²) in [5.41, 5.74) is 3.37. The van der Waals surface area contributed by atoms with Gasteiger partial charge in [0.25, 0.3) is 5.91 Å². The first-order chi connectivity index (χ1) is 16.8. The third-order valence-electron chi connectivity index (χ3n) is 5.42. The van der Waals surface area contributed by atoms with E-state index in [2.05, 4.69) is 26.3 Å². The summed E-state index contributed by atoms with van der Waals surface area (Å²) < 4.78 is 28.0. The number of nitrogens with zero attached hydrogens (tertiary/aromatic N) is 5. The van der Waals surface area contributed by atoms with E-state index in [0.717, 1.165) is 26.5 Å². The zero-order valence-electron chi connectivity index (χ0n) is 19.3. The van der Waals surface area contributed by atoms with Gasteiger partial charge in [0.05, 0.1) is 47.6 Å². The van der Waals surface area contributed by atoms with Crippen LogP contribution in [0.5, 0.6) is 0 Å². The zero-order chi connectivity index (χ0) is 25.0. The number of carbonyl (C=O) groups excluding carboxylic acids is 1. The maximum atomic E-state index is 12.9. The Kier molecular flexibility index (Phi) is 6.91. The van der Waals surface area contributed by atoms with Gasteiger partial charge >= 0.3 is 0 Å². The van der Waals surface area contributed by atoms with Gasteiger partial charge in [-0.25, -0.2) is 8.42 Å². The molecule has 0 aliphatic carbocycles. The molecule has 178 valence electrons. The number of fused-ring (bicyclic) bond motifs is 1. The lowest BCUT2D eigenvalue weighted by atomic mass is 10.2. The Labute approximate surface area is 203 Å². The second-order valence-corrected chi connectivity index (χ2v) is 10.0. The minimum atomic E-state index is -3.66. The fraction of sp³-hybridized carbons (Fsp3) is 0.200. The Morgan fingerprint density at radius 3 is 2.54 bits per heavy atom. The van der Waals surface area contributed by atoms with Gasteiger partial charge < -0.3 is 5.32 Å². The number of sulfonamides is 1. The highest BCUT2D eigenvalue weighted by atomic mass is 32.2. The Hall–Kier alpha value is -4.07. The predicted octanol–water partition coefficient (Wildman–Crippen LogP) is 2.37. The summed E-state index contributed by atoms with van der Waals surface area (Å²) in [4.78, 5) is 21.5. The Balaban J connectivity index is 1.55. The molecule has 35 heavy (non-hydrogen) atoms. The summed E-state index contributed by atoms with van der Waals surface area (Å²) in [7, 11) is -2.22. The van der Waals surface area contributed by atoms with Crippen molar-refractivity contribution >= 4 is 26.8 Å². The van der Waals surface area contributed by atoms with Crippen molar-refractivity contribution in [1.82, 2.24) is 29.4 Å². The number of nitrogens with one attached hydrogen (secondary N) is 1. The lowest BCUT2D eigenvalue weighted by Crippen LogP contribution is -2.27. The molecule has 4 aromatic rings. The van der Waals surface area contributed by atoms with E-state index < -0.39 is 10.0 Å². The number of carbonyl (C=O) groups is 1. The number of amides is 1. The molecule has 1 N–H and O–H groups in total. The van der Waals surface area contributed by atoms with Crippen molar-refractivity contribution in [3.63, 3.8) is 0 Å². The molecular weight excluding hydrogens is 464 g/mol. The van der Waals surface area contributed by atoms with Crippen LogP contribution in [0.2, 0.25) is 0 Å². The predicted molar refractivity (Wildman–Crippen MR) is 132 cm³/mol. The van der Waals surface area contributed by atoms with E-state index in [1.165, 1.54) is 7.05 Å². The molecule has 0 bridgehead atoms. The monoisotopic (exact) mass is 488 g/mol. The van der Waals surface area contributed by atoms with E-state index in [-0.39, 0.29) is 23.9 Å². The number of aryl methyl sites for hydroxylation is 1.